The van der Waals surface area contributed by atoms with Gasteiger partial charge in [-0.15, -0.1) is 0 Å². The van der Waals surface area contributed by atoms with Crippen LogP contribution >= 0.6 is 0 Å². The van der Waals surface area contributed by atoms with Crippen molar-refractivity contribution in [3.05, 3.63) is 255 Å². The molecule has 0 radical (unpaired) electrons. The summed E-state index contributed by atoms with van der Waals surface area (Å²) in [5.74, 6) is 0. The third-order valence-corrected chi connectivity index (χ3v) is 13.9. The van der Waals surface area contributed by atoms with Crippen molar-refractivity contribution in [1.29, 1.82) is 0 Å². The zero-order valence-electron chi connectivity index (χ0n) is 36.2. The maximum absolute atomic E-state index is 2.34. The largest absolute Gasteiger partial charge is 0.0616 e. The van der Waals surface area contributed by atoms with Crippen molar-refractivity contribution < 1.29 is 0 Å². The maximum Gasteiger partial charge on any atom is -0.00264 e. The first-order valence-electron chi connectivity index (χ1n) is 22.9. The van der Waals surface area contributed by atoms with E-state index < -0.39 is 0 Å². The average Bonchev–Trinajstić information content (AvgIpc) is 3.39. The fourth-order valence-electron chi connectivity index (χ4n) is 10.9. The highest BCUT2D eigenvalue weighted by Crippen LogP contribution is 2.47. The molecule has 0 N–H and O–H groups in total. The van der Waals surface area contributed by atoms with Gasteiger partial charge in [0, 0.05) is 0 Å². The molecule has 13 aromatic carbocycles. The highest BCUT2D eigenvalue weighted by Gasteiger charge is 2.20. The summed E-state index contributed by atoms with van der Waals surface area (Å²) in [6, 6.07) is 94.0. The van der Waals surface area contributed by atoms with Crippen LogP contribution in [0.4, 0.5) is 0 Å². The molecule has 0 amide bonds. The Kier molecular flexibility index (Phi) is 8.96. The van der Waals surface area contributed by atoms with Crippen LogP contribution in [0.1, 0.15) is 0 Å². The van der Waals surface area contributed by atoms with Crippen molar-refractivity contribution >= 4 is 64.6 Å². The van der Waals surface area contributed by atoms with Gasteiger partial charge in [-0.3, -0.25) is 0 Å². The molecular formula is C66H42. The zero-order chi connectivity index (χ0) is 43.6. The molecule has 0 bridgehead atoms. The second kappa shape index (κ2) is 15.6. The second-order valence-corrected chi connectivity index (χ2v) is 17.5. The van der Waals surface area contributed by atoms with Crippen LogP contribution in [0.25, 0.3) is 131 Å². The van der Waals surface area contributed by atoms with Crippen molar-refractivity contribution in [2.45, 2.75) is 0 Å². The maximum atomic E-state index is 2.34. The van der Waals surface area contributed by atoms with Crippen LogP contribution in [-0.2, 0) is 0 Å². The van der Waals surface area contributed by atoms with Crippen molar-refractivity contribution in [2.75, 3.05) is 0 Å². The van der Waals surface area contributed by atoms with E-state index in [1.165, 1.54) is 131 Å². The zero-order valence-corrected chi connectivity index (χ0v) is 36.2. The molecule has 0 aliphatic rings. The van der Waals surface area contributed by atoms with Crippen molar-refractivity contribution in [3.8, 4) is 66.8 Å². The number of hydrogen-bond donors (Lipinski definition) is 0. The van der Waals surface area contributed by atoms with Crippen molar-refractivity contribution in [3.63, 3.8) is 0 Å². The molecule has 0 atom stereocenters. The normalized spacial score (nSPS) is 11.6. The molecule has 0 saturated heterocycles. The van der Waals surface area contributed by atoms with Crippen LogP contribution in [0.2, 0.25) is 0 Å². The Balaban J connectivity index is 0.920. The first kappa shape index (κ1) is 37.9. The third kappa shape index (κ3) is 6.15. The van der Waals surface area contributed by atoms with E-state index in [4.69, 9.17) is 0 Å². The minimum Gasteiger partial charge on any atom is -0.0616 e. The Morgan fingerprint density at radius 2 is 0.333 bits per heavy atom. The lowest BCUT2D eigenvalue weighted by Crippen LogP contribution is -1.92. The van der Waals surface area contributed by atoms with E-state index in [1.807, 2.05) is 0 Å². The molecule has 0 heterocycles. The first-order chi connectivity index (χ1) is 32.8. The molecule has 66 heavy (non-hydrogen) atoms. The van der Waals surface area contributed by atoms with Gasteiger partial charge in [-0.2, -0.15) is 0 Å². The third-order valence-electron chi connectivity index (χ3n) is 13.9. The summed E-state index contributed by atoms with van der Waals surface area (Å²) < 4.78 is 0. The Bertz CT molecular complexity index is 3620. The molecule has 0 aliphatic heterocycles. The van der Waals surface area contributed by atoms with Crippen LogP contribution in [0.5, 0.6) is 0 Å². The lowest BCUT2D eigenvalue weighted by atomic mass is 9.84. The summed E-state index contributed by atoms with van der Waals surface area (Å²) in [6.45, 7) is 0. The lowest BCUT2D eigenvalue weighted by molar-refractivity contribution is 1.62. The summed E-state index contributed by atoms with van der Waals surface area (Å²) >= 11 is 0. The molecule has 0 heteroatoms. The van der Waals surface area contributed by atoms with Gasteiger partial charge in [-0.25, -0.2) is 0 Å². The van der Waals surface area contributed by atoms with Crippen molar-refractivity contribution in [1.82, 2.24) is 0 Å². The van der Waals surface area contributed by atoms with Gasteiger partial charge < -0.3 is 0 Å². The molecule has 0 spiro atoms. The highest BCUT2D eigenvalue weighted by atomic mass is 14.2. The Hall–Kier alpha value is -8.58. The molecule has 0 fully saturated rings. The minimum atomic E-state index is 1.21. The summed E-state index contributed by atoms with van der Waals surface area (Å²) in [6.07, 6.45) is 0. The van der Waals surface area contributed by atoms with E-state index in [1.54, 1.807) is 0 Å². The molecule has 0 saturated carbocycles. The molecule has 306 valence electrons. The molecule has 0 nitrogen and oxygen atoms in total. The van der Waals surface area contributed by atoms with Crippen LogP contribution in [0, 0.1) is 0 Å². The summed E-state index contributed by atoms with van der Waals surface area (Å²) in [5, 5.41) is 15.1. The van der Waals surface area contributed by atoms with Gasteiger partial charge in [0.25, 0.3) is 0 Å². The van der Waals surface area contributed by atoms with Crippen LogP contribution in [-0.4, -0.2) is 0 Å². The van der Waals surface area contributed by atoms with Crippen LogP contribution < -0.4 is 0 Å². The molecule has 0 unspecified atom stereocenters. The van der Waals surface area contributed by atoms with Gasteiger partial charge in [-0.05, 0) is 131 Å². The summed E-state index contributed by atoms with van der Waals surface area (Å²) in [4.78, 5) is 0. The topological polar surface area (TPSA) is 0 Å². The smallest absolute Gasteiger partial charge is 0.00264 e. The van der Waals surface area contributed by atoms with E-state index >= 15 is 0 Å². The SMILES string of the molecule is c1ccc2c(-c3ccc(-c4c5ccccc5c(-c5ccc(-c6c7ccccc7c(-c7ccc(-c8cccc9ccccc89)cc7)c7ccccc67)cc5)c5ccccc45)cc3)cccc2c1. The number of fused-ring (bicyclic) bond motifs is 6. The van der Waals surface area contributed by atoms with Gasteiger partial charge in [0.05, 0.1) is 0 Å². The minimum absolute atomic E-state index is 1.21. The molecule has 13 rings (SSSR count). The molecule has 0 aromatic heterocycles. The van der Waals surface area contributed by atoms with E-state index in [9.17, 15) is 0 Å². The number of hydrogen-bond acceptors (Lipinski definition) is 0. The fourth-order valence-corrected chi connectivity index (χ4v) is 10.9. The molecular weight excluding hydrogens is 793 g/mol. The van der Waals surface area contributed by atoms with Crippen molar-refractivity contribution in [2.24, 2.45) is 0 Å². The average molecular weight is 835 g/mol. The second-order valence-electron chi connectivity index (χ2n) is 17.5. The Labute approximate surface area is 384 Å². The van der Waals surface area contributed by atoms with Crippen LogP contribution in [0.3, 0.4) is 0 Å². The predicted molar refractivity (Wildman–Crippen MR) is 284 cm³/mol. The predicted octanol–water partition coefficient (Wildman–Crippen LogP) is 18.6. The van der Waals surface area contributed by atoms with E-state index in [2.05, 4.69) is 255 Å². The van der Waals surface area contributed by atoms with E-state index in [-0.39, 0.29) is 0 Å². The molecule has 13 aromatic rings. The van der Waals surface area contributed by atoms with Gasteiger partial charge in [0.2, 0.25) is 0 Å². The number of benzene rings is 13. The quantitative estimate of drug-likeness (QED) is 0.146. The van der Waals surface area contributed by atoms with Gasteiger partial charge in [-0.1, -0.05) is 255 Å². The lowest BCUT2D eigenvalue weighted by Gasteiger charge is -2.19. The van der Waals surface area contributed by atoms with E-state index in [0.717, 1.165) is 0 Å². The summed E-state index contributed by atoms with van der Waals surface area (Å²) in [7, 11) is 0. The van der Waals surface area contributed by atoms with E-state index in [0.29, 0.717) is 0 Å². The van der Waals surface area contributed by atoms with Gasteiger partial charge >= 0.3 is 0 Å². The van der Waals surface area contributed by atoms with Gasteiger partial charge in [0.15, 0.2) is 0 Å². The Morgan fingerprint density at radius 3 is 0.591 bits per heavy atom. The summed E-state index contributed by atoms with van der Waals surface area (Å²) in [5.41, 5.74) is 14.9. The van der Waals surface area contributed by atoms with Gasteiger partial charge in [0.1, 0.15) is 0 Å². The highest BCUT2D eigenvalue weighted by molar-refractivity contribution is 6.23. The number of rotatable bonds is 6. The fraction of sp³-hybridized carbons (Fsp3) is 0. The standard InChI is InChI=1S/C66H42/c1-3-19-51-43(15-1)17-13-29-53(51)45-31-35-47(36-32-45)63-55-21-5-9-25-59(55)65(60-26-10-6-22-56(60)63)49-39-41-50(42-40-49)66-61-27-11-7-23-57(61)64(58-24-8-12-28-62(58)66)48-37-33-46(34-38-48)54-30-14-18-44-16-2-4-20-52(44)54/h1-42H. The molecule has 0 aliphatic carbocycles. The van der Waals surface area contributed by atoms with Crippen LogP contribution in [0.15, 0.2) is 255 Å². The monoisotopic (exact) mass is 834 g/mol. The first-order valence-corrected chi connectivity index (χ1v) is 22.9. The Morgan fingerprint density at radius 1 is 0.136 bits per heavy atom.